The SMILES string of the molecule is O=C(NS(=O)(=O)c1ccc(NCCSc2ccccc2)c([N+](=O)[O-])c1)c1ccc(N2CCN(Cc3ccccc3C#Cc3cncc(O)c3)CC2)nn1. The monoisotopic (exact) mass is 750 g/mol. The number of benzene rings is 3. The van der Waals surface area contributed by atoms with Gasteiger partial charge in [-0.2, -0.15) is 0 Å². The molecule has 14 nitrogen and oxygen atoms in total. The summed E-state index contributed by atoms with van der Waals surface area (Å²) in [5, 5.41) is 32.6. The molecule has 53 heavy (non-hydrogen) atoms. The van der Waals surface area contributed by atoms with Crippen molar-refractivity contribution in [1.82, 2.24) is 24.8 Å². The van der Waals surface area contributed by atoms with E-state index in [2.05, 4.69) is 37.2 Å². The highest BCUT2D eigenvalue weighted by molar-refractivity contribution is 7.99. The molecule has 5 aromatic rings. The summed E-state index contributed by atoms with van der Waals surface area (Å²) in [5.74, 6) is 6.45. The lowest BCUT2D eigenvalue weighted by Gasteiger charge is -2.35. The highest BCUT2D eigenvalue weighted by atomic mass is 32.2. The Hall–Kier alpha value is -6.02. The number of nitro groups is 1. The van der Waals surface area contributed by atoms with Crippen LogP contribution in [0.3, 0.4) is 0 Å². The summed E-state index contributed by atoms with van der Waals surface area (Å²) in [6.45, 7) is 3.84. The molecule has 0 unspecified atom stereocenters. The maximum absolute atomic E-state index is 13.1. The Morgan fingerprint density at radius 3 is 2.43 bits per heavy atom. The van der Waals surface area contributed by atoms with Gasteiger partial charge in [-0.15, -0.1) is 22.0 Å². The number of thioether (sulfide) groups is 1. The molecule has 1 fully saturated rings. The van der Waals surface area contributed by atoms with Crippen LogP contribution >= 0.6 is 11.8 Å². The third kappa shape index (κ3) is 9.86. The van der Waals surface area contributed by atoms with E-state index in [1.807, 2.05) is 64.2 Å². The second-order valence-corrected chi connectivity index (χ2v) is 14.7. The number of hydrogen-bond donors (Lipinski definition) is 3. The number of amides is 1. The molecule has 0 saturated carbocycles. The van der Waals surface area contributed by atoms with Gasteiger partial charge >= 0.3 is 0 Å². The number of nitrogens with one attached hydrogen (secondary N) is 2. The van der Waals surface area contributed by atoms with E-state index >= 15 is 0 Å². The van der Waals surface area contributed by atoms with E-state index in [1.54, 1.807) is 30.1 Å². The average molecular weight is 751 g/mol. The van der Waals surface area contributed by atoms with Gasteiger partial charge in [-0.05, 0) is 54.1 Å². The third-order valence-corrected chi connectivity index (χ3v) is 10.5. The molecule has 1 aliphatic rings. The number of pyridine rings is 1. The summed E-state index contributed by atoms with van der Waals surface area (Å²) in [6.07, 6.45) is 2.95. The lowest BCUT2D eigenvalue weighted by Crippen LogP contribution is -2.46. The first-order valence-corrected chi connectivity index (χ1v) is 18.9. The van der Waals surface area contributed by atoms with Crippen molar-refractivity contribution in [2.75, 3.05) is 48.7 Å². The minimum atomic E-state index is -4.47. The first-order valence-electron chi connectivity index (χ1n) is 16.5. The number of anilines is 2. The largest absolute Gasteiger partial charge is 0.506 e. The van der Waals surface area contributed by atoms with Crippen LogP contribution in [0.4, 0.5) is 17.2 Å². The summed E-state index contributed by atoms with van der Waals surface area (Å²) in [4.78, 5) is 32.9. The molecule has 1 saturated heterocycles. The molecule has 3 aromatic carbocycles. The van der Waals surface area contributed by atoms with Crippen molar-refractivity contribution in [2.45, 2.75) is 16.3 Å². The molecule has 3 heterocycles. The lowest BCUT2D eigenvalue weighted by molar-refractivity contribution is -0.384. The normalized spacial score (nSPS) is 13.1. The molecular weight excluding hydrogens is 717 g/mol. The fourth-order valence-corrected chi connectivity index (χ4v) is 7.26. The molecule has 6 rings (SSSR count). The second kappa shape index (κ2) is 17.0. The van der Waals surface area contributed by atoms with E-state index < -0.39 is 31.4 Å². The minimum Gasteiger partial charge on any atom is -0.506 e. The van der Waals surface area contributed by atoms with Gasteiger partial charge in [-0.25, -0.2) is 13.1 Å². The lowest BCUT2D eigenvalue weighted by atomic mass is 10.1. The summed E-state index contributed by atoms with van der Waals surface area (Å²) in [7, 11) is -4.47. The first kappa shape index (κ1) is 36.8. The first-order chi connectivity index (χ1) is 25.6. The van der Waals surface area contributed by atoms with Crippen molar-refractivity contribution >= 4 is 44.9 Å². The number of nitrogens with zero attached hydrogens (tertiary/aromatic N) is 6. The molecule has 1 amide bonds. The summed E-state index contributed by atoms with van der Waals surface area (Å²) in [5.41, 5.74) is 2.08. The molecule has 0 radical (unpaired) electrons. The predicted molar refractivity (Wildman–Crippen MR) is 201 cm³/mol. The van der Waals surface area contributed by atoms with Crippen LogP contribution in [0.25, 0.3) is 0 Å². The Balaban J connectivity index is 1.02. The Bertz CT molecular complexity index is 2260. The molecule has 1 aliphatic heterocycles. The Morgan fingerprint density at radius 1 is 0.925 bits per heavy atom. The predicted octanol–water partition coefficient (Wildman–Crippen LogP) is 4.53. The van der Waals surface area contributed by atoms with Gasteiger partial charge in [-0.3, -0.25) is 24.8 Å². The van der Waals surface area contributed by atoms with Gasteiger partial charge in [0, 0.05) is 73.3 Å². The van der Waals surface area contributed by atoms with Crippen LogP contribution < -0.4 is 14.9 Å². The van der Waals surface area contributed by atoms with Gasteiger partial charge in [0.05, 0.1) is 16.0 Å². The van der Waals surface area contributed by atoms with Crippen molar-refractivity contribution < 1.29 is 23.2 Å². The minimum absolute atomic E-state index is 0.0593. The van der Waals surface area contributed by atoms with Crippen LogP contribution in [0.5, 0.6) is 5.75 Å². The summed E-state index contributed by atoms with van der Waals surface area (Å²) >= 11 is 1.57. The van der Waals surface area contributed by atoms with Crippen LogP contribution in [-0.2, 0) is 16.6 Å². The van der Waals surface area contributed by atoms with Crippen LogP contribution in [0.2, 0.25) is 0 Å². The molecule has 2 aromatic heterocycles. The van der Waals surface area contributed by atoms with Crippen molar-refractivity contribution in [1.29, 1.82) is 0 Å². The zero-order valence-electron chi connectivity index (χ0n) is 28.3. The van der Waals surface area contributed by atoms with Gasteiger partial charge < -0.3 is 15.3 Å². The summed E-state index contributed by atoms with van der Waals surface area (Å²) in [6, 6.07) is 25.6. The number of rotatable bonds is 12. The molecule has 0 bridgehead atoms. The summed E-state index contributed by atoms with van der Waals surface area (Å²) < 4.78 is 28.1. The van der Waals surface area contributed by atoms with Gasteiger partial charge in [0.1, 0.15) is 11.4 Å². The van der Waals surface area contributed by atoms with E-state index in [0.717, 1.165) is 35.2 Å². The number of sulfonamides is 1. The Kier molecular flexibility index (Phi) is 11.8. The smallest absolute Gasteiger partial charge is 0.293 e. The van der Waals surface area contributed by atoms with E-state index in [1.165, 1.54) is 24.4 Å². The molecule has 270 valence electrons. The van der Waals surface area contributed by atoms with E-state index in [9.17, 15) is 28.4 Å². The van der Waals surface area contributed by atoms with E-state index in [4.69, 9.17) is 0 Å². The van der Waals surface area contributed by atoms with Crippen LogP contribution in [-0.4, -0.2) is 82.9 Å². The number of carbonyl (C=O) groups excluding carboxylic acids is 1. The number of aromatic nitrogens is 3. The standard InChI is InChI=1S/C37H34N8O6S2/c46-30-22-27(24-38-25-30)10-11-28-6-4-5-7-29(28)26-43-17-19-44(20-18-43)36-15-14-34(40-41-36)37(47)42-53(50,51)32-12-13-33(35(23-32)45(48)49)39-16-21-52-31-8-2-1-3-9-31/h1-9,12-15,22-25,39,46H,16-21,26H2,(H,42,47). The van der Waals surface area contributed by atoms with Crippen molar-refractivity contribution in [3.05, 3.63) is 136 Å². The maximum atomic E-state index is 13.1. The zero-order chi connectivity index (χ0) is 37.2. The highest BCUT2D eigenvalue weighted by Crippen LogP contribution is 2.28. The van der Waals surface area contributed by atoms with Crippen LogP contribution in [0, 0.1) is 22.0 Å². The van der Waals surface area contributed by atoms with Gasteiger partial charge in [0.25, 0.3) is 21.6 Å². The fraction of sp³-hybridized carbons (Fsp3) is 0.189. The molecule has 16 heteroatoms. The molecule has 3 N–H and O–H groups in total. The topological polar surface area (TPSA) is 184 Å². The maximum Gasteiger partial charge on any atom is 0.293 e. The molecule has 0 spiro atoms. The van der Waals surface area contributed by atoms with Crippen molar-refractivity contribution in [3.63, 3.8) is 0 Å². The van der Waals surface area contributed by atoms with Crippen molar-refractivity contribution in [2.24, 2.45) is 0 Å². The second-order valence-electron chi connectivity index (χ2n) is 11.8. The number of piperazine rings is 1. The third-order valence-electron chi connectivity index (χ3n) is 8.19. The molecule has 0 atom stereocenters. The Labute approximate surface area is 310 Å². The molecular formula is C37H34N8O6S2. The van der Waals surface area contributed by atoms with E-state index in [-0.39, 0.29) is 17.1 Å². The number of hydrogen-bond acceptors (Lipinski definition) is 13. The van der Waals surface area contributed by atoms with Crippen molar-refractivity contribution in [3.8, 4) is 17.6 Å². The molecule has 0 aliphatic carbocycles. The number of aromatic hydroxyl groups is 1. The fourth-order valence-electron chi connectivity index (χ4n) is 5.49. The van der Waals surface area contributed by atoms with E-state index in [0.29, 0.717) is 43.3 Å². The van der Waals surface area contributed by atoms with Gasteiger partial charge in [-0.1, -0.05) is 48.2 Å². The Morgan fingerprint density at radius 2 is 1.70 bits per heavy atom. The number of nitro benzene ring substituents is 1. The van der Waals surface area contributed by atoms with Crippen LogP contribution in [0.1, 0.15) is 27.2 Å². The zero-order valence-corrected chi connectivity index (χ0v) is 29.9. The van der Waals surface area contributed by atoms with Crippen LogP contribution in [0.15, 0.2) is 113 Å². The van der Waals surface area contributed by atoms with Gasteiger partial charge in [0.2, 0.25) is 0 Å². The van der Waals surface area contributed by atoms with Gasteiger partial charge in [0.15, 0.2) is 11.5 Å². The highest BCUT2D eigenvalue weighted by Gasteiger charge is 2.25. The average Bonchev–Trinajstić information content (AvgIpc) is 3.17. The number of carbonyl (C=O) groups is 1. The quantitative estimate of drug-likeness (QED) is 0.0532.